The Morgan fingerprint density at radius 3 is 1.55 bits per heavy atom. The van der Waals surface area contributed by atoms with E-state index in [4.69, 9.17) is 4.98 Å². The molecule has 0 N–H and O–H groups in total. The molecule has 5 nitrogen and oxygen atoms in total. The van der Waals surface area contributed by atoms with Gasteiger partial charge in [0.05, 0.1) is 38.8 Å². The van der Waals surface area contributed by atoms with Crippen LogP contribution >= 0.6 is 0 Å². The molecule has 0 saturated carbocycles. The van der Waals surface area contributed by atoms with Crippen molar-refractivity contribution in [3.63, 3.8) is 0 Å². The molecule has 0 bridgehead atoms. The van der Waals surface area contributed by atoms with E-state index in [1.54, 1.807) is 0 Å². The first-order valence-corrected chi connectivity index (χ1v) is 19.2. The summed E-state index contributed by atoms with van der Waals surface area (Å²) in [7, 11) is 2.16. The van der Waals surface area contributed by atoms with Crippen LogP contribution in [0.15, 0.2) is 194 Å². The number of benzene rings is 8. The van der Waals surface area contributed by atoms with E-state index in [0.29, 0.717) is 0 Å². The van der Waals surface area contributed by atoms with Gasteiger partial charge in [-0.15, -0.1) is 0 Å². The molecule has 0 aliphatic carbocycles. The smallest absolute Gasteiger partial charge is 0.212 e. The lowest BCUT2D eigenvalue weighted by Crippen LogP contribution is -2.43. The number of hydrogen-bond acceptors (Lipinski definition) is 2. The second-order valence-electron chi connectivity index (χ2n) is 14.9. The van der Waals surface area contributed by atoms with E-state index in [-0.39, 0.29) is 0 Å². The average molecular weight is 718 g/mol. The van der Waals surface area contributed by atoms with Crippen molar-refractivity contribution in [2.24, 2.45) is 0 Å². The van der Waals surface area contributed by atoms with Crippen LogP contribution in [-0.4, -0.2) is 25.7 Å². The van der Waals surface area contributed by atoms with Gasteiger partial charge in [-0.25, -0.2) is 4.98 Å². The molecule has 11 aromatic rings. The van der Waals surface area contributed by atoms with E-state index in [1.807, 2.05) is 0 Å². The maximum Gasteiger partial charge on any atom is 0.212 e. The number of anilines is 2. The van der Waals surface area contributed by atoms with Gasteiger partial charge in [0.15, 0.2) is 0 Å². The van der Waals surface area contributed by atoms with E-state index in [1.165, 1.54) is 60.3 Å². The molecule has 1 aliphatic heterocycles. The Hall–Kier alpha value is -7.37. The molecule has 4 heterocycles. The third-order valence-electron chi connectivity index (χ3n) is 12.0. The summed E-state index contributed by atoms with van der Waals surface area (Å²) in [6.45, 7) is 0. The predicted molar refractivity (Wildman–Crippen MR) is 231 cm³/mol. The zero-order valence-electron chi connectivity index (χ0n) is 30.7. The van der Waals surface area contributed by atoms with E-state index < -0.39 is 5.54 Å². The molecule has 264 valence electrons. The summed E-state index contributed by atoms with van der Waals surface area (Å²) >= 11 is 0. The molecule has 1 aliphatic rings. The van der Waals surface area contributed by atoms with Gasteiger partial charge in [0.1, 0.15) is 5.54 Å². The monoisotopic (exact) mass is 717 g/mol. The van der Waals surface area contributed by atoms with Crippen molar-refractivity contribution in [3.8, 4) is 11.4 Å². The topological polar surface area (TPSA) is 30.9 Å². The van der Waals surface area contributed by atoms with Gasteiger partial charge in [0.2, 0.25) is 5.95 Å². The molecule has 8 aromatic carbocycles. The van der Waals surface area contributed by atoms with Crippen LogP contribution < -0.4 is 4.90 Å². The molecule has 0 spiro atoms. The highest BCUT2D eigenvalue weighted by Crippen LogP contribution is 2.53. The van der Waals surface area contributed by atoms with Gasteiger partial charge >= 0.3 is 0 Å². The molecule has 0 saturated heterocycles. The minimum Gasteiger partial charge on any atom is -0.315 e. The second kappa shape index (κ2) is 11.6. The summed E-state index contributed by atoms with van der Waals surface area (Å²) in [6, 6.07) is 70.6. The number of aromatic nitrogens is 4. The van der Waals surface area contributed by atoms with Crippen LogP contribution in [0.2, 0.25) is 0 Å². The maximum absolute atomic E-state index is 5.34. The van der Waals surface area contributed by atoms with Gasteiger partial charge in [-0.1, -0.05) is 133 Å². The van der Waals surface area contributed by atoms with Crippen molar-refractivity contribution in [2.45, 2.75) is 5.54 Å². The molecule has 0 atom stereocenters. The molecule has 12 rings (SSSR count). The zero-order chi connectivity index (χ0) is 37.0. The number of imidazole rings is 1. The second-order valence-corrected chi connectivity index (χ2v) is 14.9. The molecule has 0 radical (unpaired) electrons. The van der Waals surface area contributed by atoms with Gasteiger partial charge in [-0.05, 0) is 71.8 Å². The van der Waals surface area contributed by atoms with Gasteiger partial charge in [-0.3, -0.25) is 4.57 Å². The Morgan fingerprint density at radius 2 is 0.929 bits per heavy atom. The van der Waals surface area contributed by atoms with Crippen LogP contribution in [0.25, 0.3) is 66.0 Å². The first-order valence-electron chi connectivity index (χ1n) is 19.2. The summed E-state index contributed by atoms with van der Waals surface area (Å²) in [4.78, 5) is 7.62. The molecule has 56 heavy (non-hydrogen) atoms. The van der Waals surface area contributed by atoms with Gasteiger partial charge in [0, 0.05) is 45.5 Å². The fourth-order valence-corrected chi connectivity index (χ4v) is 9.70. The first-order chi connectivity index (χ1) is 27.7. The summed E-state index contributed by atoms with van der Waals surface area (Å²) < 4.78 is 7.31. The van der Waals surface area contributed by atoms with Crippen molar-refractivity contribution < 1.29 is 0 Å². The van der Waals surface area contributed by atoms with Crippen LogP contribution in [0.1, 0.15) is 16.7 Å². The highest BCUT2D eigenvalue weighted by molar-refractivity contribution is 6.19. The van der Waals surface area contributed by atoms with Crippen molar-refractivity contribution in [2.75, 3.05) is 11.9 Å². The minimum absolute atomic E-state index is 0.683. The number of nitrogens with zero attached hydrogens (tertiary/aromatic N) is 5. The number of para-hydroxylation sites is 5. The van der Waals surface area contributed by atoms with Crippen molar-refractivity contribution in [1.29, 1.82) is 0 Å². The maximum atomic E-state index is 5.34. The highest BCUT2D eigenvalue weighted by atomic mass is 15.4. The fraction of sp³-hybridized carbons (Fsp3) is 0.0392. The summed E-state index contributed by atoms with van der Waals surface area (Å²) in [5.74, 6) is 0.903. The van der Waals surface area contributed by atoms with Crippen LogP contribution in [-0.2, 0) is 5.54 Å². The Bertz CT molecular complexity index is 3280. The molecule has 0 fully saturated rings. The Labute approximate surface area is 323 Å². The SMILES string of the molecule is CN1c2cc(-n3c4ccccc4c4cc5c6ccccc6n(-c6ccccc6)c5cc43)ccc2C(c2ccccc2)(c2ccccc2)n2c1nc1ccccc12. The Balaban J connectivity index is 1.18. The molecule has 0 amide bonds. The lowest BCUT2D eigenvalue weighted by Gasteiger charge is -2.45. The number of rotatable bonds is 4. The molecular weight excluding hydrogens is 683 g/mol. The Kier molecular flexibility index (Phi) is 6.41. The van der Waals surface area contributed by atoms with Crippen LogP contribution in [0.5, 0.6) is 0 Å². The lowest BCUT2D eigenvalue weighted by molar-refractivity contribution is 0.517. The van der Waals surface area contributed by atoms with Crippen molar-refractivity contribution in [3.05, 3.63) is 211 Å². The fourth-order valence-electron chi connectivity index (χ4n) is 9.70. The predicted octanol–water partition coefficient (Wildman–Crippen LogP) is 12.2. The number of hydrogen-bond donors (Lipinski definition) is 0. The average Bonchev–Trinajstić information content (AvgIpc) is 3.92. The third kappa shape index (κ3) is 4.06. The van der Waals surface area contributed by atoms with E-state index >= 15 is 0 Å². The van der Waals surface area contributed by atoms with Gasteiger partial charge in [-0.2, -0.15) is 0 Å². The summed E-state index contributed by atoms with van der Waals surface area (Å²) in [6.07, 6.45) is 0. The first kappa shape index (κ1) is 31.0. The van der Waals surface area contributed by atoms with E-state index in [2.05, 4.69) is 220 Å². The lowest BCUT2D eigenvalue weighted by atomic mass is 9.74. The third-order valence-corrected chi connectivity index (χ3v) is 12.0. The summed E-state index contributed by atoms with van der Waals surface area (Å²) in [5, 5.41) is 4.97. The van der Waals surface area contributed by atoms with Crippen molar-refractivity contribution in [1.82, 2.24) is 18.7 Å². The number of fused-ring (bicyclic) bond motifs is 10. The van der Waals surface area contributed by atoms with E-state index in [0.717, 1.165) is 34.0 Å². The van der Waals surface area contributed by atoms with E-state index in [9.17, 15) is 0 Å². The van der Waals surface area contributed by atoms with Crippen LogP contribution in [0, 0.1) is 0 Å². The van der Waals surface area contributed by atoms with Crippen molar-refractivity contribution >= 4 is 66.3 Å². The molecule has 5 heteroatoms. The molecular formula is C51H35N5. The van der Waals surface area contributed by atoms with Crippen LogP contribution in [0.4, 0.5) is 11.6 Å². The molecule has 3 aromatic heterocycles. The minimum atomic E-state index is -0.683. The Morgan fingerprint density at radius 1 is 0.411 bits per heavy atom. The molecule has 0 unspecified atom stereocenters. The van der Waals surface area contributed by atoms with Crippen LogP contribution in [0.3, 0.4) is 0 Å². The highest BCUT2D eigenvalue weighted by Gasteiger charge is 2.47. The largest absolute Gasteiger partial charge is 0.315 e. The normalized spacial score (nSPS) is 13.6. The van der Waals surface area contributed by atoms with Gasteiger partial charge in [0.25, 0.3) is 0 Å². The zero-order valence-corrected chi connectivity index (χ0v) is 30.7. The van der Waals surface area contributed by atoms with Gasteiger partial charge < -0.3 is 14.0 Å². The summed E-state index contributed by atoms with van der Waals surface area (Å²) in [5.41, 5.74) is 13.0. The quantitative estimate of drug-likeness (QED) is 0.181. The standard InChI is InChI=1S/C51H35N5/c1-53-49-31-37(29-30-42(49)51(34-17-5-2-6-18-34,35-19-7-3-8-20-35)56-46-28-16-13-25-43(46)52-50(53)56)55-45-27-15-12-24-39(45)41-32-40-38-23-11-14-26-44(38)54(47(40)33-48(41)55)36-21-9-4-10-22-36/h2-33H,1H3.